The van der Waals surface area contributed by atoms with Crippen LogP contribution in [0.15, 0.2) is 54.6 Å². The molecule has 0 aliphatic heterocycles. The molecule has 0 heterocycles. The molecule has 0 atom stereocenters. The third kappa shape index (κ3) is 8.27. The summed E-state index contributed by atoms with van der Waals surface area (Å²) in [7, 11) is 0. The van der Waals surface area contributed by atoms with E-state index in [1.54, 1.807) is 11.8 Å². The van der Waals surface area contributed by atoms with Gasteiger partial charge >= 0.3 is 0 Å². The first-order valence-electron chi connectivity index (χ1n) is 9.35. The number of hydrogen-bond acceptors (Lipinski definition) is 2. The van der Waals surface area contributed by atoms with Crippen molar-refractivity contribution < 1.29 is 9.59 Å². The summed E-state index contributed by atoms with van der Waals surface area (Å²) in [5, 5.41) is 3.64. The number of hydrogen-bond donors (Lipinski definition) is 1. The number of halogens is 1. The molecule has 0 bridgehead atoms. The van der Waals surface area contributed by atoms with Gasteiger partial charge < -0.3 is 10.2 Å². The Balaban J connectivity index is 1.65. The number of nitrogens with one attached hydrogen (secondary N) is 1. The van der Waals surface area contributed by atoms with E-state index in [0.29, 0.717) is 31.1 Å². The molecular weight excluding hydrogens is 360 g/mol. The van der Waals surface area contributed by atoms with Crippen molar-refractivity contribution in [2.75, 3.05) is 19.6 Å². The van der Waals surface area contributed by atoms with Crippen molar-refractivity contribution in [1.29, 1.82) is 0 Å². The molecule has 2 rings (SSSR count). The summed E-state index contributed by atoms with van der Waals surface area (Å²) >= 11 is 5.89. The number of carbonyl (C=O) groups is 2. The monoisotopic (exact) mass is 386 g/mol. The highest BCUT2D eigenvalue weighted by Gasteiger charge is 2.11. The van der Waals surface area contributed by atoms with Gasteiger partial charge in [0.05, 0.1) is 0 Å². The zero-order valence-electron chi connectivity index (χ0n) is 15.8. The fourth-order valence-electron chi connectivity index (χ4n) is 2.83. The maximum Gasteiger partial charge on any atom is 0.221 e. The van der Waals surface area contributed by atoms with Crippen molar-refractivity contribution in [2.45, 2.75) is 32.6 Å². The van der Waals surface area contributed by atoms with Crippen molar-refractivity contribution in [2.24, 2.45) is 0 Å². The van der Waals surface area contributed by atoms with Gasteiger partial charge in [0, 0.05) is 38.0 Å². The highest BCUT2D eigenvalue weighted by molar-refractivity contribution is 6.30. The molecule has 2 aromatic rings. The SMILES string of the molecule is CC(=O)N(CCC(=O)NCCCc1ccccc1)CCc1ccc(Cl)cc1. The second-order valence-electron chi connectivity index (χ2n) is 6.57. The smallest absolute Gasteiger partial charge is 0.221 e. The molecular formula is C22H27ClN2O2. The van der Waals surface area contributed by atoms with Crippen molar-refractivity contribution in [1.82, 2.24) is 10.2 Å². The lowest BCUT2D eigenvalue weighted by atomic mass is 10.1. The molecule has 0 aliphatic rings. The quantitative estimate of drug-likeness (QED) is 0.630. The van der Waals surface area contributed by atoms with Gasteiger partial charge in [-0.25, -0.2) is 0 Å². The van der Waals surface area contributed by atoms with Crippen LogP contribution in [0.3, 0.4) is 0 Å². The van der Waals surface area contributed by atoms with E-state index in [4.69, 9.17) is 11.6 Å². The van der Waals surface area contributed by atoms with Gasteiger partial charge in [-0.1, -0.05) is 54.1 Å². The minimum absolute atomic E-state index is 0.0131. The first-order valence-corrected chi connectivity index (χ1v) is 9.73. The Kier molecular flexibility index (Phi) is 8.85. The minimum Gasteiger partial charge on any atom is -0.356 e. The van der Waals surface area contributed by atoms with E-state index in [9.17, 15) is 9.59 Å². The molecule has 1 N–H and O–H groups in total. The molecule has 0 fully saturated rings. The lowest BCUT2D eigenvalue weighted by molar-refractivity contribution is -0.129. The molecule has 0 saturated heterocycles. The molecule has 0 aliphatic carbocycles. The van der Waals surface area contributed by atoms with Crippen molar-refractivity contribution in [3.63, 3.8) is 0 Å². The molecule has 0 unspecified atom stereocenters. The summed E-state index contributed by atoms with van der Waals surface area (Å²) in [6.45, 7) is 3.23. The molecule has 0 aromatic heterocycles. The molecule has 4 nitrogen and oxygen atoms in total. The van der Waals surface area contributed by atoms with Gasteiger partial charge in [0.25, 0.3) is 0 Å². The Morgan fingerprint density at radius 1 is 0.926 bits per heavy atom. The Morgan fingerprint density at radius 2 is 1.59 bits per heavy atom. The Morgan fingerprint density at radius 3 is 2.26 bits per heavy atom. The van der Waals surface area contributed by atoms with E-state index in [0.717, 1.165) is 24.8 Å². The molecule has 0 radical (unpaired) electrons. The highest BCUT2D eigenvalue weighted by atomic mass is 35.5. The number of nitrogens with zero attached hydrogens (tertiary/aromatic N) is 1. The van der Waals surface area contributed by atoms with Gasteiger partial charge in [-0.3, -0.25) is 9.59 Å². The number of amides is 2. The molecule has 0 spiro atoms. The van der Waals surface area contributed by atoms with Crippen LogP contribution >= 0.6 is 11.6 Å². The van der Waals surface area contributed by atoms with Gasteiger partial charge in [-0.05, 0) is 42.5 Å². The van der Waals surface area contributed by atoms with Crippen LogP contribution < -0.4 is 5.32 Å². The maximum absolute atomic E-state index is 12.0. The fraction of sp³-hybridized carbons (Fsp3) is 0.364. The number of aryl methyl sites for hydroxylation is 1. The van der Waals surface area contributed by atoms with Crippen molar-refractivity contribution in [3.05, 3.63) is 70.7 Å². The summed E-state index contributed by atoms with van der Waals surface area (Å²) in [5.41, 5.74) is 2.40. The Hall–Kier alpha value is -2.33. The van der Waals surface area contributed by atoms with Crippen LogP contribution in [0.2, 0.25) is 5.02 Å². The number of benzene rings is 2. The molecule has 5 heteroatoms. The van der Waals surface area contributed by atoms with Crippen LogP contribution in [0, 0.1) is 0 Å². The van der Waals surface area contributed by atoms with E-state index in [-0.39, 0.29) is 11.8 Å². The second-order valence-corrected chi connectivity index (χ2v) is 7.01. The van der Waals surface area contributed by atoms with E-state index in [1.165, 1.54) is 5.56 Å². The third-order valence-corrected chi connectivity index (χ3v) is 4.70. The maximum atomic E-state index is 12.0. The number of carbonyl (C=O) groups excluding carboxylic acids is 2. The zero-order chi connectivity index (χ0) is 19.5. The zero-order valence-corrected chi connectivity index (χ0v) is 16.5. The summed E-state index contributed by atoms with van der Waals surface area (Å²) < 4.78 is 0. The highest BCUT2D eigenvalue weighted by Crippen LogP contribution is 2.10. The minimum atomic E-state index is -0.0131. The predicted octanol–water partition coefficient (Wildman–Crippen LogP) is 3.87. The number of rotatable bonds is 10. The van der Waals surface area contributed by atoms with Crippen molar-refractivity contribution >= 4 is 23.4 Å². The summed E-state index contributed by atoms with van der Waals surface area (Å²) in [4.78, 5) is 25.6. The van der Waals surface area contributed by atoms with Crippen LogP contribution in [0.4, 0.5) is 0 Å². The average molecular weight is 387 g/mol. The standard InChI is InChI=1S/C22H27ClN2O2/c1-18(26)25(16-13-20-9-11-21(23)12-10-20)17-14-22(27)24-15-5-8-19-6-3-2-4-7-19/h2-4,6-7,9-12H,5,8,13-17H2,1H3,(H,24,27). The Labute approximate surface area is 166 Å². The molecule has 2 aromatic carbocycles. The van der Waals surface area contributed by atoms with Crippen LogP contribution in [-0.4, -0.2) is 36.3 Å². The summed E-state index contributed by atoms with van der Waals surface area (Å²) in [6.07, 6.45) is 2.92. The van der Waals surface area contributed by atoms with Gasteiger partial charge in [-0.15, -0.1) is 0 Å². The second kappa shape index (κ2) is 11.4. The fourth-order valence-corrected chi connectivity index (χ4v) is 2.96. The van der Waals surface area contributed by atoms with Gasteiger partial charge in [0.15, 0.2) is 0 Å². The van der Waals surface area contributed by atoms with E-state index < -0.39 is 0 Å². The normalized spacial score (nSPS) is 10.4. The lowest BCUT2D eigenvalue weighted by Gasteiger charge is -2.21. The lowest BCUT2D eigenvalue weighted by Crippen LogP contribution is -2.35. The van der Waals surface area contributed by atoms with E-state index in [1.807, 2.05) is 42.5 Å². The average Bonchev–Trinajstić information content (AvgIpc) is 2.67. The van der Waals surface area contributed by atoms with Gasteiger partial charge in [0.2, 0.25) is 11.8 Å². The molecule has 27 heavy (non-hydrogen) atoms. The Bertz CT molecular complexity index is 717. The largest absolute Gasteiger partial charge is 0.356 e. The topological polar surface area (TPSA) is 49.4 Å². The van der Waals surface area contributed by atoms with Crippen LogP contribution in [0.25, 0.3) is 0 Å². The summed E-state index contributed by atoms with van der Waals surface area (Å²) in [6, 6.07) is 17.8. The van der Waals surface area contributed by atoms with Gasteiger partial charge in [0.1, 0.15) is 0 Å². The van der Waals surface area contributed by atoms with E-state index in [2.05, 4.69) is 17.4 Å². The van der Waals surface area contributed by atoms with Crippen LogP contribution in [-0.2, 0) is 22.4 Å². The predicted molar refractivity (Wildman–Crippen MR) is 110 cm³/mol. The van der Waals surface area contributed by atoms with Crippen molar-refractivity contribution in [3.8, 4) is 0 Å². The molecule has 0 saturated carbocycles. The van der Waals surface area contributed by atoms with Gasteiger partial charge in [-0.2, -0.15) is 0 Å². The molecule has 144 valence electrons. The first-order chi connectivity index (χ1) is 13.0. The third-order valence-electron chi connectivity index (χ3n) is 4.44. The van der Waals surface area contributed by atoms with Crippen LogP contribution in [0.1, 0.15) is 30.9 Å². The van der Waals surface area contributed by atoms with E-state index >= 15 is 0 Å². The van der Waals surface area contributed by atoms with Crippen LogP contribution in [0.5, 0.6) is 0 Å². The first kappa shape index (κ1) is 21.0. The molecule has 2 amide bonds. The summed E-state index contributed by atoms with van der Waals surface area (Å²) in [5.74, 6) is -0.0263.